The Kier molecular flexibility index (Phi) is 2.42. The van der Waals surface area contributed by atoms with Crippen LogP contribution in [0.5, 0.6) is 0 Å². The second-order valence-corrected chi connectivity index (χ2v) is 3.73. The number of rotatable bonds is 2. The van der Waals surface area contributed by atoms with Crippen molar-refractivity contribution in [3.63, 3.8) is 0 Å². The highest BCUT2D eigenvalue weighted by molar-refractivity contribution is 7.98. The second kappa shape index (κ2) is 3.72. The molecule has 0 aliphatic heterocycles. The van der Waals surface area contributed by atoms with Crippen molar-refractivity contribution in [3.8, 4) is 6.07 Å². The van der Waals surface area contributed by atoms with E-state index >= 15 is 0 Å². The third kappa shape index (κ3) is 1.36. The smallest absolute Gasteiger partial charge is 0.0936 e. The minimum absolute atomic E-state index is 0.415. The number of aromatic amines is 1. The highest BCUT2D eigenvalue weighted by Crippen LogP contribution is 2.26. The highest BCUT2D eigenvalue weighted by atomic mass is 32.2. The first kappa shape index (κ1) is 9.10. The van der Waals surface area contributed by atoms with Crippen LogP contribution in [-0.2, 0) is 6.42 Å². The average Bonchev–Trinajstić information content (AvgIpc) is 2.67. The zero-order valence-electron chi connectivity index (χ0n) is 7.74. The molecule has 14 heavy (non-hydrogen) atoms. The Balaban J connectivity index is 2.70. The van der Waals surface area contributed by atoms with E-state index in [0.29, 0.717) is 6.42 Å². The van der Waals surface area contributed by atoms with E-state index in [1.807, 2.05) is 18.4 Å². The van der Waals surface area contributed by atoms with Gasteiger partial charge in [-0.15, -0.1) is 11.8 Å². The number of nitrogens with zero attached hydrogens (tertiary/aromatic N) is 2. The lowest BCUT2D eigenvalue weighted by atomic mass is 10.1. The number of nitriles is 1. The van der Waals surface area contributed by atoms with Gasteiger partial charge in [-0.2, -0.15) is 5.26 Å². The van der Waals surface area contributed by atoms with Gasteiger partial charge in [-0.3, -0.25) is 0 Å². The number of benzene rings is 1. The van der Waals surface area contributed by atoms with Crippen molar-refractivity contribution >= 4 is 22.8 Å². The second-order valence-electron chi connectivity index (χ2n) is 2.88. The molecule has 0 saturated carbocycles. The summed E-state index contributed by atoms with van der Waals surface area (Å²) in [4.78, 5) is 8.40. The molecule has 2 aromatic rings. The molecule has 0 bridgehead atoms. The molecule has 0 atom stereocenters. The molecule has 1 N–H and O–H groups in total. The van der Waals surface area contributed by atoms with Gasteiger partial charge in [-0.05, 0) is 18.4 Å². The van der Waals surface area contributed by atoms with E-state index in [9.17, 15) is 0 Å². The summed E-state index contributed by atoms with van der Waals surface area (Å²) in [6.45, 7) is 0. The largest absolute Gasteiger partial charge is 0.345 e. The van der Waals surface area contributed by atoms with Gasteiger partial charge in [0.05, 0.1) is 29.9 Å². The van der Waals surface area contributed by atoms with Crippen LogP contribution in [0, 0.1) is 11.3 Å². The molecule has 0 amide bonds. The van der Waals surface area contributed by atoms with Gasteiger partial charge in [0.1, 0.15) is 0 Å². The molecule has 3 nitrogen and oxygen atoms in total. The molecular formula is C10H9N3S. The van der Waals surface area contributed by atoms with Crippen molar-refractivity contribution in [1.29, 1.82) is 5.26 Å². The van der Waals surface area contributed by atoms with Gasteiger partial charge in [0.15, 0.2) is 0 Å². The molecular weight excluding hydrogens is 194 g/mol. The summed E-state index contributed by atoms with van der Waals surface area (Å²) < 4.78 is 0. The van der Waals surface area contributed by atoms with E-state index in [-0.39, 0.29) is 0 Å². The van der Waals surface area contributed by atoms with Crippen molar-refractivity contribution in [2.24, 2.45) is 0 Å². The Morgan fingerprint density at radius 2 is 2.43 bits per heavy atom. The van der Waals surface area contributed by atoms with Crippen LogP contribution in [0.3, 0.4) is 0 Å². The third-order valence-corrected chi connectivity index (χ3v) is 2.95. The van der Waals surface area contributed by atoms with Crippen molar-refractivity contribution in [1.82, 2.24) is 9.97 Å². The molecule has 0 unspecified atom stereocenters. The molecule has 70 valence electrons. The summed E-state index contributed by atoms with van der Waals surface area (Å²) in [6, 6.07) is 6.19. The number of nitrogens with one attached hydrogen (secondary N) is 1. The summed E-state index contributed by atoms with van der Waals surface area (Å²) in [5.74, 6) is 0. The number of H-pyrrole nitrogens is 1. The first-order valence-electron chi connectivity index (χ1n) is 4.22. The lowest BCUT2D eigenvalue weighted by molar-refractivity contribution is 1.19. The van der Waals surface area contributed by atoms with Crippen LogP contribution in [0.4, 0.5) is 0 Å². The Bertz CT molecular complexity index is 496. The van der Waals surface area contributed by atoms with Gasteiger partial charge in [-0.1, -0.05) is 0 Å². The minimum atomic E-state index is 0.415. The van der Waals surface area contributed by atoms with Gasteiger partial charge in [-0.25, -0.2) is 4.98 Å². The van der Waals surface area contributed by atoms with Crippen LogP contribution in [0.1, 0.15) is 5.56 Å². The zero-order chi connectivity index (χ0) is 9.97. The molecule has 0 aliphatic carbocycles. The van der Waals surface area contributed by atoms with Gasteiger partial charge < -0.3 is 4.98 Å². The van der Waals surface area contributed by atoms with E-state index in [4.69, 9.17) is 5.26 Å². The summed E-state index contributed by atoms with van der Waals surface area (Å²) in [7, 11) is 0. The maximum absolute atomic E-state index is 8.74. The highest BCUT2D eigenvalue weighted by Gasteiger charge is 2.08. The minimum Gasteiger partial charge on any atom is -0.345 e. The molecule has 0 radical (unpaired) electrons. The van der Waals surface area contributed by atoms with Gasteiger partial charge >= 0.3 is 0 Å². The van der Waals surface area contributed by atoms with E-state index in [1.54, 1.807) is 18.1 Å². The van der Waals surface area contributed by atoms with Crippen molar-refractivity contribution in [2.45, 2.75) is 11.3 Å². The number of aromatic nitrogens is 2. The first-order valence-corrected chi connectivity index (χ1v) is 5.45. The molecule has 1 aromatic heterocycles. The van der Waals surface area contributed by atoms with Crippen LogP contribution >= 0.6 is 11.8 Å². The predicted molar refractivity (Wildman–Crippen MR) is 57.2 cm³/mol. The van der Waals surface area contributed by atoms with Crippen molar-refractivity contribution in [2.75, 3.05) is 6.26 Å². The standard InChI is InChI=1S/C10H9N3S/c1-14-9-3-2-8-10(13-6-12-8)7(9)4-5-11/h2-3,6H,4H2,1H3,(H,12,13). The maximum Gasteiger partial charge on any atom is 0.0936 e. The summed E-state index contributed by atoms with van der Waals surface area (Å²) in [5, 5.41) is 8.74. The Hall–Kier alpha value is -1.47. The molecule has 1 heterocycles. The van der Waals surface area contributed by atoms with Gasteiger partial charge in [0, 0.05) is 10.5 Å². The van der Waals surface area contributed by atoms with E-state index in [2.05, 4.69) is 16.0 Å². The van der Waals surface area contributed by atoms with E-state index in [1.165, 1.54) is 0 Å². The Labute approximate surface area is 86.2 Å². The number of hydrogen-bond acceptors (Lipinski definition) is 3. The third-order valence-electron chi connectivity index (χ3n) is 2.13. The van der Waals surface area contributed by atoms with Crippen LogP contribution in [0.15, 0.2) is 23.4 Å². The number of thioether (sulfide) groups is 1. The fourth-order valence-electron chi connectivity index (χ4n) is 1.49. The molecule has 4 heteroatoms. The zero-order valence-corrected chi connectivity index (χ0v) is 8.56. The average molecular weight is 203 g/mol. The quantitative estimate of drug-likeness (QED) is 0.762. The number of hydrogen-bond donors (Lipinski definition) is 1. The van der Waals surface area contributed by atoms with Crippen LogP contribution in [0.25, 0.3) is 11.0 Å². The Morgan fingerprint density at radius 1 is 1.57 bits per heavy atom. The van der Waals surface area contributed by atoms with Gasteiger partial charge in [0.25, 0.3) is 0 Å². The summed E-state index contributed by atoms with van der Waals surface area (Å²) in [5.41, 5.74) is 2.94. The van der Waals surface area contributed by atoms with E-state index in [0.717, 1.165) is 21.5 Å². The van der Waals surface area contributed by atoms with Gasteiger partial charge in [0.2, 0.25) is 0 Å². The van der Waals surface area contributed by atoms with Crippen molar-refractivity contribution in [3.05, 3.63) is 24.0 Å². The monoisotopic (exact) mass is 203 g/mol. The maximum atomic E-state index is 8.74. The summed E-state index contributed by atoms with van der Waals surface area (Å²) >= 11 is 1.65. The molecule has 0 aliphatic rings. The van der Waals surface area contributed by atoms with E-state index < -0.39 is 0 Å². The Morgan fingerprint density at radius 3 is 3.14 bits per heavy atom. The molecule has 1 aromatic carbocycles. The predicted octanol–water partition coefficient (Wildman–Crippen LogP) is 2.35. The fraction of sp³-hybridized carbons (Fsp3) is 0.200. The number of imidazole rings is 1. The van der Waals surface area contributed by atoms with Crippen molar-refractivity contribution < 1.29 is 0 Å². The molecule has 0 spiro atoms. The fourth-order valence-corrected chi connectivity index (χ4v) is 2.11. The molecule has 0 saturated heterocycles. The van der Waals surface area contributed by atoms with Crippen LogP contribution in [-0.4, -0.2) is 16.2 Å². The number of fused-ring (bicyclic) bond motifs is 1. The topological polar surface area (TPSA) is 52.5 Å². The normalized spacial score (nSPS) is 10.3. The lowest BCUT2D eigenvalue weighted by Gasteiger charge is -2.03. The lowest BCUT2D eigenvalue weighted by Crippen LogP contribution is -1.88. The first-order chi connectivity index (χ1) is 6.86. The summed E-state index contributed by atoms with van der Waals surface area (Å²) in [6.07, 6.45) is 4.09. The molecule has 2 rings (SSSR count). The van der Waals surface area contributed by atoms with Crippen LogP contribution < -0.4 is 0 Å². The molecule has 0 fully saturated rings. The SMILES string of the molecule is CSc1ccc2[nH]cnc2c1CC#N. The van der Waals surface area contributed by atoms with Crippen LogP contribution in [0.2, 0.25) is 0 Å².